The van der Waals surface area contributed by atoms with E-state index >= 15 is 0 Å². The van der Waals surface area contributed by atoms with E-state index in [-0.39, 0.29) is 11.3 Å². The quantitative estimate of drug-likeness (QED) is 0.181. The van der Waals surface area contributed by atoms with E-state index < -0.39 is 0 Å². The first-order valence-electron chi connectivity index (χ1n) is 13.2. The van der Waals surface area contributed by atoms with E-state index in [0.717, 1.165) is 55.2 Å². The molecule has 0 aliphatic heterocycles. The monoisotopic (exact) mass is 483 g/mol. The van der Waals surface area contributed by atoms with Crippen LogP contribution in [0.3, 0.4) is 0 Å². The van der Waals surface area contributed by atoms with Gasteiger partial charge in [0.2, 0.25) is 5.75 Å². The van der Waals surface area contributed by atoms with Gasteiger partial charge in [-0.05, 0) is 64.7 Å². The second kappa shape index (κ2) is 15.3. The van der Waals surface area contributed by atoms with Gasteiger partial charge in [-0.25, -0.2) is 0 Å². The van der Waals surface area contributed by atoms with Gasteiger partial charge < -0.3 is 18.8 Å². The van der Waals surface area contributed by atoms with Crippen LogP contribution in [0.1, 0.15) is 86.0 Å². The molecule has 194 valence electrons. The SMILES string of the molecule is CCCCCCOc1c(OC/C=C(\C)CCC=C(C)C)c(=O)n(C)c2cc(OCCCC)ccc12. The molecule has 2 aromatic rings. The van der Waals surface area contributed by atoms with E-state index in [2.05, 4.69) is 46.8 Å². The molecule has 0 N–H and O–H groups in total. The summed E-state index contributed by atoms with van der Waals surface area (Å²) in [6.45, 7) is 12.2. The summed E-state index contributed by atoms with van der Waals surface area (Å²) >= 11 is 0. The summed E-state index contributed by atoms with van der Waals surface area (Å²) in [5, 5.41) is 0.865. The van der Waals surface area contributed by atoms with Crippen LogP contribution in [0.15, 0.2) is 46.3 Å². The minimum absolute atomic E-state index is 0.192. The number of fused-ring (bicyclic) bond motifs is 1. The van der Waals surface area contributed by atoms with Crippen molar-refractivity contribution in [3.63, 3.8) is 0 Å². The number of aromatic nitrogens is 1. The summed E-state index contributed by atoms with van der Waals surface area (Å²) in [6, 6.07) is 5.85. The number of hydrogen-bond donors (Lipinski definition) is 0. The van der Waals surface area contributed by atoms with Crippen molar-refractivity contribution in [1.29, 1.82) is 0 Å². The first-order chi connectivity index (χ1) is 16.9. The zero-order valence-corrected chi connectivity index (χ0v) is 22.7. The summed E-state index contributed by atoms with van der Waals surface area (Å²) < 4.78 is 19.8. The second-order valence-electron chi connectivity index (χ2n) is 9.49. The van der Waals surface area contributed by atoms with Crippen LogP contribution >= 0.6 is 0 Å². The number of nitrogens with zero attached hydrogens (tertiary/aromatic N) is 1. The molecule has 5 nitrogen and oxygen atoms in total. The van der Waals surface area contributed by atoms with Crippen molar-refractivity contribution >= 4 is 10.9 Å². The molecule has 0 bridgehead atoms. The summed E-state index contributed by atoms with van der Waals surface area (Å²) in [6.07, 6.45) is 12.8. The van der Waals surface area contributed by atoms with Crippen molar-refractivity contribution < 1.29 is 14.2 Å². The average molecular weight is 484 g/mol. The third-order valence-corrected chi connectivity index (χ3v) is 6.04. The Morgan fingerprint density at radius 1 is 0.886 bits per heavy atom. The number of unbranched alkanes of at least 4 members (excludes halogenated alkanes) is 4. The molecule has 5 heteroatoms. The molecule has 0 atom stereocenters. The van der Waals surface area contributed by atoms with Crippen LogP contribution in [0.2, 0.25) is 0 Å². The average Bonchev–Trinajstić information content (AvgIpc) is 2.83. The van der Waals surface area contributed by atoms with Crippen molar-refractivity contribution in [2.24, 2.45) is 7.05 Å². The van der Waals surface area contributed by atoms with Gasteiger partial charge in [-0.1, -0.05) is 56.8 Å². The highest BCUT2D eigenvalue weighted by atomic mass is 16.5. The zero-order valence-electron chi connectivity index (χ0n) is 22.7. The van der Waals surface area contributed by atoms with Gasteiger partial charge in [0, 0.05) is 18.5 Å². The molecule has 1 aromatic heterocycles. The Balaban J connectivity index is 2.32. The number of allylic oxidation sites excluding steroid dienone is 3. The lowest BCUT2D eigenvalue weighted by molar-refractivity contribution is 0.276. The van der Waals surface area contributed by atoms with E-state index in [0.29, 0.717) is 25.6 Å². The van der Waals surface area contributed by atoms with Crippen molar-refractivity contribution in [3.8, 4) is 17.2 Å². The number of rotatable bonds is 16. The van der Waals surface area contributed by atoms with E-state index in [1.165, 1.54) is 24.0 Å². The second-order valence-corrected chi connectivity index (χ2v) is 9.49. The van der Waals surface area contributed by atoms with Gasteiger partial charge in [0.15, 0.2) is 5.75 Å². The standard InChI is InChI=1S/C30H45NO4/c1-7-9-11-12-20-34-28-26-17-16-25(33-19-10-8-2)22-27(26)31(6)30(32)29(28)35-21-18-24(5)15-13-14-23(3)4/h14,16-18,22H,7-13,15,19-21H2,1-6H3/b24-18+. The number of aryl methyl sites for hydroxylation is 1. The third kappa shape index (κ3) is 9.12. The fraction of sp³-hybridized carbons (Fsp3) is 0.567. The van der Waals surface area contributed by atoms with Gasteiger partial charge in [-0.2, -0.15) is 0 Å². The minimum atomic E-state index is -0.192. The lowest BCUT2D eigenvalue weighted by Crippen LogP contribution is -2.21. The molecule has 0 fully saturated rings. The molecule has 0 unspecified atom stereocenters. The first-order valence-corrected chi connectivity index (χ1v) is 13.2. The molecule has 0 aliphatic carbocycles. The summed E-state index contributed by atoms with van der Waals surface area (Å²) in [5.41, 5.74) is 3.17. The molecule has 1 heterocycles. The van der Waals surface area contributed by atoms with E-state index in [4.69, 9.17) is 14.2 Å². The molecule has 0 aliphatic rings. The molecular weight excluding hydrogens is 438 g/mol. The van der Waals surface area contributed by atoms with Gasteiger partial charge in [0.25, 0.3) is 5.56 Å². The lowest BCUT2D eigenvalue weighted by Gasteiger charge is -2.17. The topological polar surface area (TPSA) is 49.7 Å². The van der Waals surface area contributed by atoms with Crippen molar-refractivity contribution in [2.75, 3.05) is 19.8 Å². The Labute approximate surface area is 211 Å². The maximum atomic E-state index is 13.3. The Kier molecular flexibility index (Phi) is 12.5. The smallest absolute Gasteiger partial charge is 0.297 e. The van der Waals surface area contributed by atoms with Crippen LogP contribution in [0.25, 0.3) is 10.9 Å². The predicted octanol–water partition coefficient (Wildman–Crippen LogP) is 7.75. The zero-order chi connectivity index (χ0) is 25.6. The summed E-state index contributed by atoms with van der Waals surface area (Å²) in [4.78, 5) is 13.3. The summed E-state index contributed by atoms with van der Waals surface area (Å²) in [5.74, 6) is 1.58. The number of ether oxygens (including phenoxy) is 3. The highest BCUT2D eigenvalue weighted by molar-refractivity contribution is 5.89. The molecular formula is C30H45NO4. The van der Waals surface area contributed by atoms with Gasteiger partial charge in [0.05, 0.1) is 18.7 Å². The van der Waals surface area contributed by atoms with Crippen LogP contribution < -0.4 is 19.8 Å². The molecule has 0 radical (unpaired) electrons. The lowest BCUT2D eigenvalue weighted by atomic mass is 10.1. The molecule has 1 aromatic carbocycles. The van der Waals surface area contributed by atoms with E-state index in [9.17, 15) is 4.79 Å². The molecule has 0 spiro atoms. The van der Waals surface area contributed by atoms with Crippen LogP contribution in [-0.4, -0.2) is 24.4 Å². The third-order valence-electron chi connectivity index (χ3n) is 6.04. The number of pyridine rings is 1. The van der Waals surface area contributed by atoms with Crippen molar-refractivity contribution in [1.82, 2.24) is 4.57 Å². The Bertz CT molecular complexity index is 1040. The Hall–Kier alpha value is -2.69. The fourth-order valence-corrected chi connectivity index (χ4v) is 3.82. The fourth-order valence-electron chi connectivity index (χ4n) is 3.82. The van der Waals surface area contributed by atoms with E-state index in [1.807, 2.05) is 18.2 Å². The molecule has 0 amide bonds. The van der Waals surface area contributed by atoms with Crippen molar-refractivity contribution in [3.05, 3.63) is 51.9 Å². The van der Waals surface area contributed by atoms with Crippen LogP contribution in [0.4, 0.5) is 0 Å². The molecule has 2 rings (SSSR count). The predicted molar refractivity (Wildman–Crippen MR) is 147 cm³/mol. The first kappa shape index (κ1) is 28.5. The molecule has 35 heavy (non-hydrogen) atoms. The van der Waals surface area contributed by atoms with E-state index in [1.54, 1.807) is 11.6 Å². The normalized spacial score (nSPS) is 11.5. The Morgan fingerprint density at radius 3 is 2.34 bits per heavy atom. The highest BCUT2D eigenvalue weighted by Crippen LogP contribution is 2.34. The minimum Gasteiger partial charge on any atom is -0.494 e. The molecule has 0 saturated heterocycles. The van der Waals surface area contributed by atoms with Gasteiger partial charge in [0.1, 0.15) is 12.4 Å². The summed E-state index contributed by atoms with van der Waals surface area (Å²) in [7, 11) is 1.78. The van der Waals surface area contributed by atoms with Crippen molar-refractivity contribution in [2.45, 2.75) is 86.0 Å². The van der Waals surface area contributed by atoms with Gasteiger partial charge >= 0.3 is 0 Å². The van der Waals surface area contributed by atoms with Gasteiger partial charge in [-0.15, -0.1) is 0 Å². The van der Waals surface area contributed by atoms with Gasteiger partial charge in [-0.3, -0.25) is 4.79 Å². The number of hydrogen-bond acceptors (Lipinski definition) is 4. The maximum absolute atomic E-state index is 13.3. The Morgan fingerprint density at radius 2 is 1.63 bits per heavy atom. The highest BCUT2D eigenvalue weighted by Gasteiger charge is 2.19. The number of benzene rings is 1. The van der Waals surface area contributed by atoms with Crippen LogP contribution in [0.5, 0.6) is 17.2 Å². The largest absolute Gasteiger partial charge is 0.494 e. The van der Waals surface area contributed by atoms with Crippen LogP contribution in [-0.2, 0) is 7.05 Å². The maximum Gasteiger partial charge on any atom is 0.297 e. The molecule has 0 saturated carbocycles. The van der Waals surface area contributed by atoms with Crippen LogP contribution in [0, 0.1) is 0 Å².